The maximum Gasteiger partial charge on any atom is 0.310 e. The number of methoxy groups -OCH3 is 1. The minimum atomic E-state index is -0.559. The molecule has 0 fully saturated rings. The summed E-state index contributed by atoms with van der Waals surface area (Å²) in [5.74, 6) is -0.251. The van der Waals surface area contributed by atoms with Gasteiger partial charge >= 0.3 is 5.69 Å². The predicted octanol–water partition coefficient (Wildman–Crippen LogP) is 1.45. The maximum absolute atomic E-state index is 11.7. The minimum Gasteiger partial charge on any atom is -0.383 e. The number of amides is 1. The highest BCUT2D eigenvalue weighted by atomic mass is 35.5. The van der Waals surface area contributed by atoms with E-state index in [1.54, 1.807) is 19.2 Å². The molecule has 0 radical (unpaired) electrons. The number of likely N-dealkylation sites (N-methyl/N-ethyl adjacent to an activating group) is 1. The van der Waals surface area contributed by atoms with Crippen molar-refractivity contribution in [2.45, 2.75) is 0 Å². The molecule has 0 aliphatic rings. The molecule has 0 spiro atoms. The van der Waals surface area contributed by atoms with Gasteiger partial charge in [-0.15, -0.1) is 0 Å². The molecule has 0 bridgehead atoms. The van der Waals surface area contributed by atoms with E-state index in [1.165, 1.54) is 18.1 Å². The van der Waals surface area contributed by atoms with Crippen molar-refractivity contribution in [2.24, 2.45) is 0 Å². The lowest BCUT2D eigenvalue weighted by molar-refractivity contribution is -0.384. The standard InChI is InChI=1S/C12H16ClN3O4/c1-15(8-11(17)14-6-7-20-2)10-5-3-4-9(13)12(10)16(18)19/h3-5H,6-8H2,1-2H3,(H,14,17). The molecule has 0 aliphatic carbocycles. The molecular weight excluding hydrogens is 286 g/mol. The second-order valence-corrected chi connectivity index (χ2v) is 4.47. The Balaban J connectivity index is 2.77. The second kappa shape index (κ2) is 7.66. The van der Waals surface area contributed by atoms with Gasteiger partial charge in [0, 0.05) is 20.7 Å². The summed E-state index contributed by atoms with van der Waals surface area (Å²) < 4.78 is 4.81. The van der Waals surface area contributed by atoms with Crippen LogP contribution < -0.4 is 10.2 Å². The zero-order valence-corrected chi connectivity index (χ0v) is 12.0. The topological polar surface area (TPSA) is 84.7 Å². The quantitative estimate of drug-likeness (QED) is 0.468. The van der Waals surface area contributed by atoms with Crippen molar-refractivity contribution in [3.63, 3.8) is 0 Å². The van der Waals surface area contributed by atoms with Crippen LogP contribution in [0.2, 0.25) is 5.02 Å². The molecule has 0 heterocycles. The highest BCUT2D eigenvalue weighted by Crippen LogP contribution is 2.34. The third-order valence-electron chi connectivity index (χ3n) is 2.57. The molecule has 0 saturated carbocycles. The van der Waals surface area contributed by atoms with E-state index in [2.05, 4.69) is 5.32 Å². The van der Waals surface area contributed by atoms with Gasteiger partial charge in [0.25, 0.3) is 0 Å². The molecule has 1 aromatic rings. The van der Waals surface area contributed by atoms with E-state index >= 15 is 0 Å². The average molecular weight is 302 g/mol. The van der Waals surface area contributed by atoms with E-state index in [0.29, 0.717) is 18.8 Å². The second-order valence-electron chi connectivity index (χ2n) is 4.06. The summed E-state index contributed by atoms with van der Waals surface area (Å²) in [6.45, 7) is 0.790. The van der Waals surface area contributed by atoms with Crippen molar-refractivity contribution in [3.8, 4) is 0 Å². The molecule has 0 saturated heterocycles. The van der Waals surface area contributed by atoms with Crippen molar-refractivity contribution in [3.05, 3.63) is 33.3 Å². The fraction of sp³-hybridized carbons (Fsp3) is 0.417. The van der Waals surface area contributed by atoms with Gasteiger partial charge in [-0.25, -0.2) is 0 Å². The molecule has 110 valence electrons. The number of benzene rings is 1. The number of hydrogen-bond donors (Lipinski definition) is 1. The number of carbonyl (C=O) groups excluding carboxylic acids is 1. The number of para-hydroxylation sites is 1. The van der Waals surface area contributed by atoms with Crippen molar-refractivity contribution in [1.82, 2.24) is 5.32 Å². The van der Waals surface area contributed by atoms with Gasteiger partial charge < -0.3 is 15.0 Å². The first-order valence-electron chi connectivity index (χ1n) is 5.87. The normalized spacial score (nSPS) is 10.2. The number of ether oxygens (including phenoxy) is 1. The van der Waals surface area contributed by atoms with Crippen LogP contribution >= 0.6 is 11.6 Å². The highest BCUT2D eigenvalue weighted by molar-refractivity contribution is 6.33. The van der Waals surface area contributed by atoms with E-state index in [0.717, 1.165) is 0 Å². The summed E-state index contributed by atoms with van der Waals surface area (Å²) in [6, 6.07) is 4.59. The van der Waals surface area contributed by atoms with Crippen LogP contribution in [0.3, 0.4) is 0 Å². The summed E-state index contributed by atoms with van der Waals surface area (Å²) in [6.07, 6.45) is 0. The van der Waals surface area contributed by atoms with Crippen molar-refractivity contribution in [1.29, 1.82) is 0 Å². The summed E-state index contributed by atoms with van der Waals surface area (Å²) in [5.41, 5.74) is 0.0887. The molecule has 1 amide bonds. The smallest absolute Gasteiger partial charge is 0.310 e. The molecule has 20 heavy (non-hydrogen) atoms. The first kappa shape index (κ1) is 16.2. The van der Waals surface area contributed by atoms with Gasteiger partial charge in [0.2, 0.25) is 5.91 Å². The molecule has 0 aliphatic heterocycles. The van der Waals surface area contributed by atoms with Gasteiger partial charge in [-0.05, 0) is 12.1 Å². The Hall–Kier alpha value is -1.86. The summed E-state index contributed by atoms with van der Waals surface area (Å²) in [7, 11) is 3.13. The number of nitrogens with one attached hydrogen (secondary N) is 1. The number of carbonyl (C=O) groups is 1. The van der Waals surface area contributed by atoms with Crippen LogP contribution in [0.5, 0.6) is 0 Å². The van der Waals surface area contributed by atoms with E-state index < -0.39 is 4.92 Å². The molecule has 7 nitrogen and oxygen atoms in total. The van der Waals surface area contributed by atoms with Gasteiger partial charge in [0.15, 0.2) is 0 Å². The highest BCUT2D eigenvalue weighted by Gasteiger charge is 2.22. The molecule has 1 rings (SSSR count). The Morgan fingerprint density at radius 1 is 1.55 bits per heavy atom. The van der Waals surface area contributed by atoms with Crippen LogP contribution in [0.15, 0.2) is 18.2 Å². The molecule has 0 atom stereocenters. The lowest BCUT2D eigenvalue weighted by atomic mass is 10.2. The minimum absolute atomic E-state index is 0.00903. The number of nitro groups is 1. The van der Waals surface area contributed by atoms with Crippen LogP contribution in [-0.4, -0.2) is 44.7 Å². The Morgan fingerprint density at radius 3 is 2.85 bits per heavy atom. The van der Waals surface area contributed by atoms with Gasteiger partial charge in [-0.1, -0.05) is 17.7 Å². The molecule has 0 aromatic heterocycles. The summed E-state index contributed by atoms with van der Waals surface area (Å²) in [5, 5.41) is 13.7. The van der Waals surface area contributed by atoms with E-state index in [-0.39, 0.29) is 23.2 Å². The average Bonchev–Trinajstić information content (AvgIpc) is 2.38. The van der Waals surface area contributed by atoms with Gasteiger partial charge in [0.1, 0.15) is 10.7 Å². The molecule has 8 heteroatoms. The monoisotopic (exact) mass is 301 g/mol. The first-order valence-corrected chi connectivity index (χ1v) is 6.24. The fourth-order valence-corrected chi connectivity index (χ4v) is 1.88. The summed E-state index contributed by atoms with van der Waals surface area (Å²) >= 11 is 5.82. The number of rotatable bonds is 7. The predicted molar refractivity (Wildman–Crippen MR) is 76.3 cm³/mol. The first-order chi connectivity index (χ1) is 9.47. The van der Waals surface area contributed by atoms with Crippen LogP contribution in [0.1, 0.15) is 0 Å². The van der Waals surface area contributed by atoms with Crippen molar-refractivity contribution < 1.29 is 14.5 Å². The third-order valence-corrected chi connectivity index (χ3v) is 2.87. The Morgan fingerprint density at radius 2 is 2.25 bits per heavy atom. The largest absolute Gasteiger partial charge is 0.383 e. The summed E-state index contributed by atoms with van der Waals surface area (Å²) in [4.78, 5) is 23.6. The number of nitro benzene ring substituents is 1. The van der Waals surface area contributed by atoms with E-state index in [4.69, 9.17) is 16.3 Å². The van der Waals surface area contributed by atoms with Gasteiger partial charge in [-0.2, -0.15) is 0 Å². The van der Waals surface area contributed by atoms with Gasteiger partial charge in [0.05, 0.1) is 18.1 Å². The fourth-order valence-electron chi connectivity index (χ4n) is 1.64. The van der Waals surface area contributed by atoms with Crippen LogP contribution in [0.25, 0.3) is 0 Å². The molecular formula is C12H16ClN3O4. The van der Waals surface area contributed by atoms with Crippen molar-refractivity contribution in [2.75, 3.05) is 38.8 Å². The Labute approximate surface area is 121 Å². The molecule has 1 N–H and O–H groups in total. The SMILES string of the molecule is COCCNC(=O)CN(C)c1cccc(Cl)c1[N+](=O)[O-]. The lowest BCUT2D eigenvalue weighted by Gasteiger charge is -2.19. The van der Waals surface area contributed by atoms with E-state index in [1.807, 2.05) is 0 Å². The Kier molecular flexibility index (Phi) is 6.20. The zero-order valence-electron chi connectivity index (χ0n) is 11.3. The molecule has 1 aromatic carbocycles. The van der Waals surface area contributed by atoms with Crippen LogP contribution in [-0.2, 0) is 9.53 Å². The molecule has 0 unspecified atom stereocenters. The van der Waals surface area contributed by atoms with Crippen LogP contribution in [0, 0.1) is 10.1 Å². The van der Waals surface area contributed by atoms with Crippen LogP contribution in [0.4, 0.5) is 11.4 Å². The number of halogens is 1. The maximum atomic E-state index is 11.7. The Bertz CT molecular complexity index is 496. The zero-order chi connectivity index (χ0) is 15.1. The van der Waals surface area contributed by atoms with E-state index in [9.17, 15) is 14.9 Å². The number of hydrogen-bond acceptors (Lipinski definition) is 5. The van der Waals surface area contributed by atoms with Crippen molar-refractivity contribution >= 4 is 28.9 Å². The lowest BCUT2D eigenvalue weighted by Crippen LogP contribution is -2.36. The third kappa shape index (κ3) is 4.36. The number of nitrogens with zero attached hydrogens (tertiary/aromatic N) is 2. The number of anilines is 1. The van der Waals surface area contributed by atoms with Gasteiger partial charge in [-0.3, -0.25) is 14.9 Å².